The maximum absolute atomic E-state index is 12.8. The quantitative estimate of drug-likeness (QED) is 0.908. The van der Waals surface area contributed by atoms with Gasteiger partial charge in [-0.2, -0.15) is 11.3 Å². The number of rotatable bonds is 5. The van der Waals surface area contributed by atoms with Crippen LogP contribution >= 0.6 is 11.3 Å². The molecule has 0 spiro atoms. The number of amides is 1. The van der Waals surface area contributed by atoms with Gasteiger partial charge in [-0.05, 0) is 65.9 Å². The fraction of sp³-hybridized carbons (Fsp3) is 0.353. The molecule has 21 heavy (non-hydrogen) atoms. The summed E-state index contributed by atoms with van der Waals surface area (Å²) in [5, 5.41) is 7.33. The van der Waals surface area contributed by atoms with Gasteiger partial charge in [-0.1, -0.05) is 0 Å². The van der Waals surface area contributed by atoms with Crippen molar-refractivity contribution in [2.45, 2.75) is 32.4 Å². The summed E-state index contributed by atoms with van der Waals surface area (Å²) in [6, 6.07) is 8.41. The number of carbonyl (C=O) groups is 1. The van der Waals surface area contributed by atoms with Gasteiger partial charge in [-0.3, -0.25) is 4.79 Å². The first-order chi connectivity index (χ1) is 10.2. The summed E-state index contributed by atoms with van der Waals surface area (Å²) in [5.41, 5.74) is 4.19. The molecule has 0 bridgehead atoms. The summed E-state index contributed by atoms with van der Waals surface area (Å²) in [4.78, 5) is 14.8. The second-order valence-corrected chi connectivity index (χ2v) is 6.36. The standard InChI is InChI=1S/C17H20N2OS/c1-12-9-14(3-6-16(12)18-2)17(20)19(15-4-5-15)10-13-7-8-21-11-13/h3,6-9,11,15,18H,4-5,10H2,1-2H3. The van der Waals surface area contributed by atoms with Crippen LogP contribution in [0.4, 0.5) is 5.69 Å². The molecule has 3 nitrogen and oxygen atoms in total. The number of hydrogen-bond donors (Lipinski definition) is 1. The molecule has 1 aromatic heterocycles. The van der Waals surface area contributed by atoms with Crippen LogP contribution < -0.4 is 5.32 Å². The fourth-order valence-electron chi connectivity index (χ4n) is 2.58. The van der Waals surface area contributed by atoms with E-state index in [4.69, 9.17) is 0 Å². The first-order valence-corrected chi connectivity index (χ1v) is 8.24. The molecular formula is C17H20N2OS. The van der Waals surface area contributed by atoms with E-state index in [0.29, 0.717) is 6.04 Å². The molecule has 1 N–H and O–H groups in total. The minimum absolute atomic E-state index is 0.148. The zero-order chi connectivity index (χ0) is 14.8. The SMILES string of the molecule is CNc1ccc(C(=O)N(Cc2ccsc2)C2CC2)cc1C. The number of anilines is 1. The van der Waals surface area contributed by atoms with Crippen molar-refractivity contribution in [3.8, 4) is 0 Å². The first kappa shape index (κ1) is 14.1. The first-order valence-electron chi connectivity index (χ1n) is 7.29. The van der Waals surface area contributed by atoms with Gasteiger partial charge in [0.15, 0.2) is 0 Å². The third-order valence-electron chi connectivity index (χ3n) is 3.92. The van der Waals surface area contributed by atoms with E-state index >= 15 is 0 Å². The van der Waals surface area contributed by atoms with Gasteiger partial charge in [0.25, 0.3) is 5.91 Å². The lowest BCUT2D eigenvalue weighted by molar-refractivity contribution is 0.0730. The Morgan fingerprint density at radius 1 is 1.38 bits per heavy atom. The van der Waals surface area contributed by atoms with Gasteiger partial charge < -0.3 is 10.2 Å². The topological polar surface area (TPSA) is 32.3 Å². The van der Waals surface area contributed by atoms with E-state index in [1.54, 1.807) is 11.3 Å². The number of aryl methyl sites for hydroxylation is 1. The Labute approximate surface area is 129 Å². The highest BCUT2D eigenvalue weighted by Crippen LogP contribution is 2.30. The van der Waals surface area contributed by atoms with E-state index in [1.807, 2.05) is 37.1 Å². The molecule has 1 saturated carbocycles. The van der Waals surface area contributed by atoms with Crippen LogP contribution in [0.3, 0.4) is 0 Å². The van der Waals surface area contributed by atoms with Crippen LogP contribution in [0.15, 0.2) is 35.0 Å². The number of nitrogens with zero attached hydrogens (tertiary/aromatic N) is 1. The second-order valence-electron chi connectivity index (χ2n) is 5.58. The molecule has 1 amide bonds. The molecule has 3 rings (SSSR count). The highest BCUT2D eigenvalue weighted by Gasteiger charge is 2.33. The number of hydrogen-bond acceptors (Lipinski definition) is 3. The number of carbonyl (C=O) groups excluding carboxylic acids is 1. The van der Waals surface area contributed by atoms with Crippen LogP contribution in [0.25, 0.3) is 0 Å². The predicted molar refractivity (Wildman–Crippen MR) is 87.9 cm³/mol. The Hall–Kier alpha value is -1.81. The third-order valence-corrected chi connectivity index (χ3v) is 4.66. The Morgan fingerprint density at radius 2 is 2.19 bits per heavy atom. The molecule has 0 unspecified atom stereocenters. The summed E-state index contributed by atoms with van der Waals surface area (Å²) in [7, 11) is 1.90. The monoisotopic (exact) mass is 300 g/mol. The van der Waals surface area contributed by atoms with Crippen LogP contribution in [0.5, 0.6) is 0 Å². The van der Waals surface area contributed by atoms with Gasteiger partial charge in [0.2, 0.25) is 0 Å². The zero-order valence-corrected chi connectivity index (χ0v) is 13.2. The van der Waals surface area contributed by atoms with Crippen molar-refractivity contribution in [2.24, 2.45) is 0 Å². The number of benzene rings is 1. The van der Waals surface area contributed by atoms with Gasteiger partial charge in [0, 0.05) is 30.9 Å². The van der Waals surface area contributed by atoms with Gasteiger partial charge in [0.05, 0.1) is 0 Å². The Kier molecular flexibility index (Phi) is 3.97. The molecule has 110 valence electrons. The zero-order valence-electron chi connectivity index (χ0n) is 12.4. The predicted octanol–water partition coefficient (Wildman–Crippen LogP) is 3.90. The Morgan fingerprint density at radius 3 is 2.76 bits per heavy atom. The third kappa shape index (κ3) is 3.10. The smallest absolute Gasteiger partial charge is 0.254 e. The molecule has 1 fully saturated rings. The van der Waals surface area contributed by atoms with Gasteiger partial charge >= 0.3 is 0 Å². The Bertz CT molecular complexity index is 632. The maximum atomic E-state index is 12.8. The molecule has 4 heteroatoms. The van der Waals surface area contributed by atoms with Crippen LogP contribution in [0, 0.1) is 6.92 Å². The molecule has 1 aliphatic carbocycles. The average molecular weight is 300 g/mol. The minimum Gasteiger partial charge on any atom is -0.388 e. The molecule has 0 atom stereocenters. The van der Waals surface area contributed by atoms with Crippen molar-refractivity contribution in [2.75, 3.05) is 12.4 Å². The molecule has 0 saturated heterocycles. The lowest BCUT2D eigenvalue weighted by Gasteiger charge is -2.22. The lowest BCUT2D eigenvalue weighted by Crippen LogP contribution is -2.32. The van der Waals surface area contributed by atoms with E-state index < -0.39 is 0 Å². The van der Waals surface area contributed by atoms with Gasteiger partial charge in [-0.15, -0.1) is 0 Å². The molecule has 1 heterocycles. The van der Waals surface area contributed by atoms with E-state index in [0.717, 1.165) is 36.2 Å². The average Bonchev–Trinajstić information content (AvgIpc) is 3.20. The van der Waals surface area contributed by atoms with E-state index in [2.05, 4.69) is 22.1 Å². The van der Waals surface area contributed by atoms with Crippen molar-refractivity contribution in [3.05, 3.63) is 51.7 Å². The van der Waals surface area contributed by atoms with E-state index in [-0.39, 0.29) is 5.91 Å². The fourth-order valence-corrected chi connectivity index (χ4v) is 3.24. The summed E-state index contributed by atoms with van der Waals surface area (Å²) in [6.45, 7) is 2.75. The largest absolute Gasteiger partial charge is 0.388 e. The maximum Gasteiger partial charge on any atom is 0.254 e. The highest BCUT2D eigenvalue weighted by atomic mass is 32.1. The summed E-state index contributed by atoms with van der Waals surface area (Å²) < 4.78 is 0. The van der Waals surface area contributed by atoms with Crippen LogP contribution in [0.2, 0.25) is 0 Å². The summed E-state index contributed by atoms with van der Waals surface area (Å²) >= 11 is 1.68. The van der Waals surface area contributed by atoms with Crippen molar-refractivity contribution >= 4 is 22.9 Å². The normalized spacial score (nSPS) is 14.0. The minimum atomic E-state index is 0.148. The second kappa shape index (κ2) is 5.90. The van der Waals surface area contributed by atoms with Gasteiger partial charge in [-0.25, -0.2) is 0 Å². The van der Waals surface area contributed by atoms with Crippen LogP contribution in [0.1, 0.15) is 34.3 Å². The number of thiophene rings is 1. The molecule has 2 aromatic rings. The van der Waals surface area contributed by atoms with Crippen molar-refractivity contribution in [1.29, 1.82) is 0 Å². The highest BCUT2D eigenvalue weighted by molar-refractivity contribution is 7.07. The molecule has 0 radical (unpaired) electrons. The molecular weight excluding hydrogens is 280 g/mol. The molecule has 1 aliphatic rings. The van der Waals surface area contributed by atoms with Crippen LogP contribution in [-0.2, 0) is 6.54 Å². The van der Waals surface area contributed by atoms with Gasteiger partial charge in [0.1, 0.15) is 0 Å². The molecule has 0 aliphatic heterocycles. The Balaban J connectivity index is 1.82. The summed E-state index contributed by atoms with van der Waals surface area (Å²) in [5.74, 6) is 0.148. The van der Waals surface area contributed by atoms with Crippen molar-refractivity contribution < 1.29 is 4.79 Å². The van der Waals surface area contributed by atoms with E-state index in [9.17, 15) is 4.79 Å². The van der Waals surface area contributed by atoms with E-state index in [1.165, 1.54) is 5.56 Å². The summed E-state index contributed by atoms with van der Waals surface area (Å²) in [6.07, 6.45) is 2.26. The lowest BCUT2D eigenvalue weighted by atomic mass is 10.1. The number of nitrogens with one attached hydrogen (secondary N) is 1. The molecule has 1 aromatic carbocycles. The van der Waals surface area contributed by atoms with Crippen LogP contribution in [-0.4, -0.2) is 23.9 Å². The van der Waals surface area contributed by atoms with Crippen molar-refractivity contribution in [1.82, 2.24) is 4.90 Å². The van der Waals surface area contributed by atoms with Crippen molar-refractivity contribution in [3.63, 3.8) is 0 Å².